The second-order valence-corrected chi connectivity index (χ2v) is 1.85. The molecule has 0 atom stereocenters. The highest BCUT2D eigenvalue weighted by molar-refractivity contribution is 4.89. The van der Waals surface area contributed by atoms with Crippen LogP contribution in [0.3, 0.4) is 0 Å². The third-order valence-corrected chi connectivity index (χ3v) is 1.04. The predicted octanol–water partition coefficient (Wildman–Crippen LogP) is 1.18. The van der Waals surface area contributed by atoms with Crippen LogP contribution in [0.15, 0.2) is 0 Å². The van der Waals surface area contributed by atoms with Crippen LogP contribution in [0.5, 0.6) is 0 Å². The lowest BCUT2D eigenvalue weighted by molar-refractivity contribution is -0.0592. The molecule has 0 unspecified atom stereocenters. The number of hydrogen-bond acceptors (Lipinski definition) is 1. The van der Waals surface area contributed by atoms with Crippen molar-refractivity contribution < 1.29 is 22.0 Å². The summed E-state index contributed by atoms with van der Waals surface area (Å²) in [4.78, 5) is 0. The fourth-order valence-electron chi connectivity index (χ4n) is 0.212. The van der Waals surface area contributed by atoms with Gasteiger partial charge in [-0.15, -0.1) is 0 Å². The van der Waals surface area contributed by atoms with Crippen LogP contribution in [0.4, 0.5) is 22.0 Å². The summed E-state index contributed by atoms with van der Waals surface area (Å²) in [5.74, 6) is 0. The molecule has 0 saturated heterocycles. The van der Waals surface area contributed by atoms with Crippen molar-refractivity contribution in [3.63, 3.8) is 0 Å². The average molecular weight is 163 g/mol. The third kappa shape index (κ3) is 1.56. The second-order valence-electron chi connectivity index (χ2n) is 1.85. The van der Waals surface area contributed by atoms with Gasteiger partial charge in [0.15, 0.2) is 5.54 Å². The molecule has 0 aromatic heterocycles. The van der Waals surface area contributed by atoms with Gasteiger partial charge in [0.2, 0.25) is 0 Å². The van der Waals surface area contributed by atoms with Gasteiger partial charge >= 0.3 is 0 Å². The van der Waals surface area contributed by atoms with Gasteiger partial charge < -0.3 is 5.73 Å². The molecule has 0 fully saturated rings. The molecule has 0 aromatic rings. The molecule has 10 heavy (non-hydrogen) atoms. The molecule has 62 valence electrons. The Kier molecular flexibility index (Phi) is 3.01. The molecule has 0 aliphatic rings. The molecule has 0 saturated carbocycles. The standard InChI is InChI=1S/C4H6F5N/c5-1-4(10,2(6)7)3(8)9/h2-3H,1,10H2. The van der Waals surface area contributed by atoms with Gasteiger partial charge in [-0.25, -0.2) is 22.0 Å². The largest absolute Gasteiger partial charge is 0.313 e. The summed E-state index contributed by atoms with van der Waals surface area (Å²) in [6, 6.07) is 0. The maximum absolute atomic E-state index is 11.5. The predicted molar refractivity (Wildman–Crippen MR) is 24.9 cm³/mol. The van der Waals surface area contributed by atoms with Crippen LogP contribution >= 0.6 is 0 Å². The van der Waals surface area contributed by atoms with E-state index >= 15 is 0 Å². The smallest absolute Gasteiger partial charge is 0.264 e. The first-order valence-electron chi connectivity index (χ1n) is 2.36. The fourth-order valence-corrected chi connectivity index (χ4v) is 0.212. The fraction of sp³-hybridized carbons (Fsp3) is 1.00. The highest BCUT2D eigenvalue weighted by atomic mass is 19.3. The van der Waals surface area contributed by atoms with E-state index in [9.17, 15) is 22.0 Å². The van der Waals surface area contributed by atoms with Crippen molar-refractivity contribution in [3.8, 4) is 0 Å². The number of hydrogen-bond donors (Lipinski definition) is 1. The summed E-state index contributed by atoms with van der Waals surface area (Å²) in [5, 5.41) is 0. The van der Waals surface area contributed by atoms with E-state index in [4.69, 9.17) is 0 Å². The second kappa shape index (κ2) is 3.14. The molecular weight excluding hydrogens is 157 g/mol. The molecule has 0 spiro atoms. The first kappa shape index (κ1) is 9.61. The quantitative estimate of drug-likeness (QED) is 0.621. The number of halogens is 5. The molecular formula is C4H6F5N. The van der Waals surface area contributed by atoms with Crippen molar-refractivity contribution >= 4 is 0 Å². The molecule has 0 heterocycles. The van der Waals surface area contributed by atoms with Crippen molar-refractivity contribution in [1.29, 1.82) is 0 Å². The van der Waals surface area contributed by atoms with Crippen LogP contribution in [-0.4, -0.2) is 25.1 Å². The highest BCUT2D eigenvalue weighted by Crippen LogP contribution is 2.21. The lowest BCUT2D eigenvalue weighted by Gasteiger charge is -2.23. The minimum absolute atomic E-state index is 1.93. The summed E-state index contributed by atoms with van der Waals surface area (Å²) in [7, 11) is 0. The van der Waals surface area contributed by atoms with Gasteiger partial charge in [0.05, 0.1) is 0 Å². The summed E-state index contributed by atoms with van der Waals surface area (Å²) in [5.41, 5.74) is 1.02. The average Bonchev–Trinajstić information content (AvgIpc) is 1.85. The van der Waals surface area contributed by atoms with Gasteiger partial charge in [-0.1, -0.05) is 0 Å². The van der Waals surface area contributed by atoms with Crippen molar-refractivity contribution in [3.05, 3.63) is 0 Å². The Morgan fingerprint density at radius 2 is 1.40 bits per heavy atom. The lowest BCUT2D eigenvalue weighted by Crippen LogP contribution is -2.55. The first-order valence-corrected chi connectivity index (χ1v) is 2.36. The van der Waals surface area contributed by atoms with Crippen LogP contribution in [0.1, 0.15) is 0 Å². The zero-order valence-corrected chi connectivity index (χ0v) is 4.83. The van der Waals surface area contributed by atoms with E-state index in [1.807, 2.05) is 0 Å². The number of nitrogens with two attached hydrogens (primary N) is 1. The van der Waals surface area contributed by atoms with E-state index in [0.717, 1.165) is 0 Å². The molecule has 0 bridgehead atoms. The summed E-state index contributed by atoms with van der Waals surface area (Å²) < 4.78 is 57.4. The lowest BCUT2D eigenvalue weighted by atomic mass is 10.1. The Bertz CT molecular complexity index is 95.8. The Morgan fingerprint density at radius 3 is 1.40 bits per heavy atom. The van der Waals surface area contributed by atoms with Crippen LogP contribution in [-0.2, 0) is 0 Å². The zero-order valence-electron chi connectivity index (χ0n) is 4.83. The van der Waals surface area contributed by atoms with Gasteiger partial charge in [-0.2, -0.15) is 0 Å². The van der Waals surface area contributed by atoms with E-state index in [1.165, 1.54) is 0 Å². The topological polar surface area (TPSA) is 26.0 Å². The maximum atomic E-state index is 11.5. The monoisotopic (exact) mass is 163 g/mol. The Hall–Kier alpha value is -0.390. The molecule has 1 nitrogen and oxygen atoms in total. The third-order valence-electron chi connectivity index (χ3n) is 1.04. The molecule has 0 aromatic carbocycles. The van der Waals surface area contributed by atoms with Gasteiger partial charge in [0, 0.05) is 0 Å². The van der Waals surface area contributed by atoms with E-state index in [1.54, 1.807) is 0 Å². The van der Waals surface area contributed by atoms with Crippen molar-refractivity contribution in [2.45, 2.75) is 18.4 Å². The molecule has 6 heteroatoms. The van der Waals surface area contributed by atoms with E-state index in [0.29, 0.717) is 0 Å². The minimum Gasteiger partial charge on any atom is -0.313 e. The number of rotatable bonds is 3. The Labute approximate surface area is 54.0 Å². The van der Waals surface area contributed by atoms with Crippen LogP contribution in [0.2, 0.25) is 0 Å². The summed E-state index contributed by atoms with van der Waals surface area (Å²) in [6.45, 7) is -1.93. The Morgan fingerprint density at radius 1 is 1.10 bits per heavy atom. The molecule has 0 rings (SSSR count). The molecule has 0 aliphatic carbocycles. The minimum atomic E-state index is -3.54. The molecule has 0 amide bonds. The molecule has 0 aliphatic heterocycles. The van der Waals surface area contributed by atoms with Gasteiger partial charge in [-0.05, 0) is 0 Å². The van der Waals surface area contributed by atoms with Crippen molar-refractivity contribution in [2.75, 3.05) is 6.67 Å². The summed E-state index contributed by atoms with van der Waals surface area (Å²) in [6.07, 6.45) is -7.09. The first-order chi connectivity index (χ1) is 4.45. The summed E-state index contributed by atoms with van der Waals surface area (Å²) >= 11 is 0. The van der Waals surface area contributed by atoms with Crippen molar-refractivity contribution in [1.82, 2.24) is 0 Å². The van der Waals surface area contributed by atoms with Gasteiger partial charge in [0.1, 0.15) is 6.67 Å². The zero-order chi connectivity index (χ0) is 8.36. The number of alkyl halides is 5. The molecule has 2 N–H and O–H groups in total. The normalized spacial score (nSPS) is 13.2. The Balaban J connectivity index is 4.23. The van der Waals surface area contributed by atoms with Crippen molar-refractivity contribution in [2.24, 2.45) is 5.73 Å². The highest BCUT2D eigenvalue weighted by Gasteiger charge is 2.45. The SMILES string of the molecule is NC(CF)(C(F)F)C(F)F. The van der Waals surface area contributed by atoms with Crippen LogP contribution < -0.4 is 5.73 Å². The van der Waals surface area contributed by atoms with Gasteiger partial charge in [-0.3, -0.25) is 0 Å². The van der Waals surface area contributed by atoms with E-state index in [2.05, 4.69) is 5.73 Å². The van der Waals surface area contributed by atoms with E-state index in [-0.39, 0.29) is 0 Å². The van der Waals surface area contributed by atoms with E-state index < -0.39 is 25.1 Å². The van der Waals surface area contributed by atoms with Crippen LogP contribution in [0, 0.1) is 0 Å². The van der Waals surface area contributed by atoms with Gasteiger partial charge in [0.25, 0.3) is 12.9 Å². The van der Waals surface area contributed by atoms with Crippen LogP contribution in [0.25, 0.3) is 0 Å². The maximum Gasteiger partial charge on any atom is 0.264 e. The molecule has 0 radical (unpaired) electrons.